The number of rotatable bonds is 8. The van der Waals surface area contributed by atoms with Crippen LogP contribution in [-0.2, 0) is 4.79 Å². The molecule has 2 aromatic rings. The Hall–Kier alpha value is -2.53. The molecule has 0 radical (unpaired) electrons. The second kappa shape index (κ2) is 9.69. The van der Waals surface area contributed by atoms with Gasteiger partial charge in [0.25, 0.3) is 11.8 Å². The van der Waals surface area contributed by atoms with E-state index in [0.29, 0.717) is 28.6 Å². The highest BCUT2D eigenvalue weighted by Gasteiger charge is 2.07. The lowest BCUT2D eigenvalue weighted by atomic mass is 10.2. The van der Waals surface area contributed by atoms with Gasteiger partial charge in [-0.1, -0.05) is 24.9 Å². The van der Waals surface area contributed by atoms with Crippen molar-refractivity contribution in [3.05, 3.63) is 59.1 Å². The molecule has 132 valence electrons. The Kier molecular flexibility index (Phi) is 7.29. The van der Waals surface area contributed by atoms with Gasteiger partial charge in [-0.25, -0.2) is 0 Å². The van der Waals surface area contributed by atoms with Crippen molar-refractivity contribution >= 4 is 29.1 Å². The lowest BCUT2D eigenvalue weighted by Gasteiger charge is -2.09. The molecular weight excluding hydrogens is 340 g/mol. The maximum atomic E-state index is 11.9. The van der Waals surface area contributed by atoms with Crippen LogP contribution in [0.25, 0.3) is 0 Å². The smallest absolute Gasteiger partial charge is 0.262 e. The average molecular weight is 361 g/mol. The average Bonchev–Trinajstić information content (AvgIpc) is 2.62. The van der Waals surface area contributed by atoms with Gasteiger partial charge in [0.05, 0.1) is 0 Å². The molecular formula is C19H21ClN2O3. The molecule has 0 aromatic heterocycles. The van der Waals surface area contributed by atoms with Crippen LogP contribution < -0.4 is 15.4 Å². The second-order valence-corrected chi connectivity index (χ2v) is 5.91. The molecule has 0 spiro atoms. The predicted molar refractivity (Wildman–Crippen MR) is 99.3 cm³/mol. The molecule has 25 heavy (non-hydrogen) atoms. The molecule has 0 bridgehead atoms. The summed E-state index contributed by atoms with van der Waals surface area (Å²) < 4.78 is 5.38. The number of carbonyl (C=O) groups excluding carboxylic acids is 2. The van der Waals surface area contributed by atoms with Crippen molar-refractivity contribution in [1.29, 1.82) is 0 Å². The van der Waals surface area contributed by atoms with Crippen molar-refractivity contribution < 1.29 is 14.3 Å². The van der Waals surface area contributed by atoms with E-state index in [2.05, 4.69) is 17.6 Å². The summed E-state index contributed by atoms with van der Waals surface area (Å²) in [5.41, 5.74) is 1.17. The zero-order valence-corrected chi connectivity index (χ0v) is 14.8. The van der Waals surface area contributed by atoms with Gasteiger partial charge in [0.1, 0.15) is 5.75 Å². The number of anilines is 1. The van der Waals surface area contributed by atoms with E-state index >= 15 is 0 Å². The highest BCUT2D eigenvalue weighted by atomic mass is 35.5. The summed E-state index contributed by atoms with van der Waals surface area (Å²) in [6, 6.07) is 13.5. The third-order valence-electron chi connectivity index (χ3n) is 3.43. The van der Waals surface area contributed by atoms with E-state index in [1.807, 2.05) is 0 Å². The maximum Gasteiger partial charge on any atom is 0.262 e. The molecule has 0 unspecified atom stereocenters. The number of hydrogen-bond acceptors (Lipinski definition) is 3. The Balaban J connectivity index is 1.80. The quantitative estimate of drug-likeness (QED) is 0.702. The van der Waals surface area contributed by atoms with Gasteiger partial charge in [0.15, 0.2) is 6.61 Å². The number of hydrogen-bond donors (Lipinski definition) is 2. The van der Waals surface area contributed by atoms with E-state index in [0.717, 1.165) is 12.8 Å². The van der Waals surface area contributed by atoms with Crippen LogP contribution >= 0.6 is 11.6 Å². The van der Waals surface area contributed by atoms with Gasteiger partial charge in [0, 0.05) is 22.8 Å². The molecule has 0 fully saturated rings. The fourth-order valence-corrected chi connectivity index (χ4v) is 2.19. The summed E-state index contributed by atoms with van der Waals surface area (Å²) >= 11 is 5.79. The molecule has 6 heteroatoms. The summed E-state index contributed by atoms with van der Waals surface area (Å²) in [4.78, 5) is 23.8. The van der Waals surface area contributed by atoms with Gasteiger partial charge in [-0.15, -0.1) is 0 Å². The Morgan fingerprint density at radius 2 is 1.72 bits per heavy atom. The Labute approximate surface area is 152 Å². The van der Waals surface area contributed by atoms with Gasteiger partial charge in [-0.05, 0) is 55.0 Å². The lowest BCUT2D eigenvalue weighted by molar-refractivity contribution is -0.118. The van der Waals surface area contributed by atoms with E-state index in [-0.39, 0.29) is 18.4 Å². The van der Waals surface area contributed by atoms with Gasteiger partial charge in [-0.3, -0.25) is 9.59 Å². The molecule has 5 nitrogen and oxygen atoms in total. The molecule has 2 rings (SSSR count). The van der Waals surface area contributed by atoms with Gasteiger partial charge in [0.2, 0.25) is 0 Å². The minimum Gasteiger partial charge on any atom is -0.484 e. The largest absolute Gasteiger partial charge is 0.484 e. The topological polar surface area (TPSA) is 67.4 Å². The van der Waals surface area contributed by atoms with Crippen molar-refractivity contribution in [2.75, 3.05) is 18.5 Å². The van der Waals surface area contributed by atoms with Crippen LogP contribution in [0.4, 0.5) is 5.69 Å². The fraction of sp³-hybridized carbons (Fsp3) is 0.263. The summed E-state index contributed by atoms with van der Waals surface area (Å²) in [6.07, 6.45) is 1.98. The minimum atomic E-state index is -0.282. The zero-order chi connectivity index (χ0) is 18.1. The molecule has 0 atom stereocenters. The van der Waals surface area contributed by atoms with Crippen LogP contribution in [0.15, 0.2) is 48.5 Å². The van der Waals surface area contributed by atoms with E-state index < -0.39 is 0 Å². The van der Waals surface area contributed by atoms with Crippen LogP contribution in [0.1, 0.15) is 30.1 Å². The van der Waals surface area contributed by atoms with Gasteiger partial charge in [-0.2, -0.15) is 0 Å². The molecule has 0 saturated heterocycles. The third-order valence-corrected chi connectivity index (χ3v) is 3.68. The first-order valence-electron chi connectivity index (χ1n) is 8.15. The minimum absolute atomic E-state index is 0.110. The van der Waals surface area contributed by atoms with E-state index in [1.165, 1.54) is 0 Å². The number of benzene rings is 2. The first kappa shape index (κ1) is 18.8. The summed E-state index contributed by atoms with van der Waals surface area (Å²) in [6.45, 7) is 2.62. The number of nitrogens with one attached hydrogen (secondary N) is 2. The molecule has 0 saturated carbocycles. The van der Waals surface area contributed by atoms with Crippen molar-refractivity contribution in [2.24, 2.45) is 0 Å². The van der Waals surface area contributed by atoms with Crippen LogP contribution in [0, 0.1) is 0 Å². The normalized spacial score (nSPS) is 10.2. The monoisotopic (exact) mass is 360 g/mol. The van der Waals surface area contributed by atoms with Crippen LogP contribution in [0.2, 0.25) is 5.02 Å². The molecule has 2 amide bonds. The van der Waals surface area contributed by atoms with Crippen LogP contribution in [0.3, 0.4) is 0 Å². The molecule has 2 N–H and O–H groups in total. The van der Waals surface area contributed by atoms with Gasteiger partial charge >= 0.3 is 0 Å². The molecule has 0 heterocycles. The predicted octanol–water partition coefficient (Wildman–Crippen LogP) is 3.89. The van der Waals surface area contributed by atoms with Crippen molar-refractivity contribution in [3.8, 4) is 5.75 Å². The van der Waals surface area contributed by atoms with Crippen LogP contribution in [0.5, 0.6) is 5.75 Å². The molecule has 2 aromatic carbocycles. The Bertz CT molecular complexity index is 700. The maximum absolute atomic E-state index is 11.9. The van der Waals surface area contributed by atoms with Crippen LogP contribution in [-0.4, -0.2) is 25.0 Å². The van der Waals surface area contributed by atoms with Crippen molar-refractivity contribution in [2.45, 2.75) is 19.8 Å². The number of amides is 2. The van der Waals surface area contributed by atoms with Crippen molar-refractivity contribution in [3.63, 3.8) is 0 Å². The molecule has 0 aliphatic heterocycles. The zero-order valence-electron chi connectivity index (χ0n) is 14.0. The second-order valence-electron chi connectivity index (χ2n) is 5.48. The lowest BCUT2D eigenvalue weighted by Crippen LogP contribution is -2.24. The fourth-order valence-electron chi connectivity index (χ4n) is 2.06. The first-order chi connectivity index (χ1) is 12.1. The Morgan fingerprint density at radius 3 is 2.36 bits per heavy atom. The van der Waals surface area contributed by atoms with Crippen molar-refractivity contribution in [1.82, 2.24) is 5.32 Å². The van der Waals surface area contributed by atoms with E-state index in [1.54, 1.807) is 48.5 Å². The SMILES string of the molecule is CCCCNC(=O)c1ccc(NC(=O)COc2ccc(Cl)cc2)cc1. The number of ether oxygens (including phenoxy) is 1. The third kappa shape index (κ3) is 6.47. The summed E-state index contributed by atoms with van der Waals surface area (Å²) in [5, 5.41) is 6.17. The highest BCUT2D eigenvalue weighted by Crippen LogP contribution is 2.15. The molecule has 0 aliphatic rings. The first-order valence-corrected chi connectivity index (χ1v) is 8.52. The number of unbranched alkanes of at least 4 members (excludes halogenated alkanes) is 1. The van der Waals surface area contributed by atoms with E-state index in [4.69, 9.17) is 16.3 Å². The summed E-state index contributed by atoms with van der Waals surface area (Å²) in [5.74, 6) is 0.172. The highest BCUT2D eigenvalue weighted by molar-refractivity contribution is 6.30. The Morgan fingerprint density at radius 1 is 1.04 bits per heavy atom. The number of halogens is 1. The van der Waals surface area contributed by atoms with Gasteiger partial charge < -0.3 is 15.4 Å². The molecule has 0 aliphatic carbocycles. The van der Waals surface area contributed by atoms with E-state index in [9.17, 15) is 9.59 Å². The standard InChI is InChI=1S/C19H21ClN2O3/c1-2-3-12-21-19(24)14-4-8-16(9-5-14)22-18(23)13-25-17-10-6-15(20)7-11-17/h4-11H,2-3,12-13H2,1H3,(H,21,24)(H,22,23). The number of carbonyl (C=O) groups is 2. The summed E-state index contributed by atoms with van der Waals surface area (Å²) in [7, 11) is 0.